The van der Waals surface area contributed by atoms with Gasteiger partial charge in [-0.15, -0.1) is 11.3 Å². The van der Waals surface area contributed by atoms with Gasteiger partial charge in [0.25, 0.3) is 0 Å². The molecule has 0 saturated heterocycles. The summed E-state index contributed by atoms with van der Waals surface area (Å²) in [4.78, 5) is 21.4. The Morgan fingerprint density at radius 3 is 2.75 bits per heavy atom. The van der Waals surface area contributed by atoms with E-state index in [1.165, 1.54) is 0 Å². The van der Waals surface area contributed by atoms with Crippen LogP contribution >= 0.6 is 11.3 Å². The fourth-order valence-electron chi connectivity index (χ4n) is 2.62. The lowest BCUT2D eigenvalue weighted by Crippen LogP contribution is -2.09. The summed E-state index contributed by atoms with van der Waals surface area (Å²) < 4.78 is 6.73. The van der Waals surface area contributed by atoms with E-state index >= 15 is 0 Å². The smallest absolute Gasteiger partial charge is 0.339 e. The van der Waals surface area contributed by atoms with E-state index in [1.54, 1.807) is 23.6 Å². The fourth-order valence-corrected chi connectivity index (χ4v) is 3.57. The van der Waals surface area contributed by atoms with Crippen molar-refractivity contribution in [3.05, 3.63) is 71.4 Å². The summed E-state index contributed by atoms with van der Waals surface area (Å²) in [7, 11) is 0. The molecular formula is C19H14N2O2S. The topological polar surface area (TPSA) is 52.1 Å². The predicted molar refractivity (Wildman–Crippen MR) is 95.2 cm³/mol. The second-order valence-corrected chi connectivity index (χ2v) is 6.51. The highest BCUT2D eigenvalue weighted by Gasteiger charge is 2.19. The molecule has 0 saturated carbocycles. The lowest BCUT2D eigenvalue weighted by Gasteiger charge is -2.11. The molecule has 0 N–H and O–H groups in total. The molecule has 0 fully saturated rings. The summed E-state index contributed by atoms with van der Waals surface area (Å²) in [6.07, 6.45) is 1.31. The fraction of sp³-hybridized carbons (Fsp3) is 0.105. The van der Waals surface area contributed by atoms with E-state index < -0.39 is 6.10 Å². The molecule has 0 aliphatic carbocycles. The molecule has 0 aliphatic rings. The van der Waals surface area contributed by atoms with Gasteiger partial charge in [0.05, 0.1) is 21.3 Å². The van der Waals surface area contributed by atoms with Gasteiger partial charge in [0.2, 0.25) is 0 Å². The van der Waals surface area contributed by atoms with Crippen molar-refractivity contribution in [1.82, 2.24) is 9.97 Å². The van der Waals surface area contributed by atoms with Crippen molar-refractivity contribution in [3.8, 4) is 0 Å². The van der Waals surface area contributed by atoms with E-state index in [2.05, 4.69) is 9.97 Å². The number of thiazole rings is 1. The molecule has 0 aliphatic heterocycles. The minimum atomic E-state index is -0.401. The highest BCUT2D eigenvalue weighted by atomic mass is 32.1. The molecule has 0 radical (unpaired) electrons. The number of esters is 1. The molecule has 4 aromatic rings. The van der Waals surface area contributed by atoms with Gasteiger partial charge in [-0.05, 0) is 37.3 Å². The van der Waals surface area contributed by atoms with Gasteiger partial charge in [-0.3, -0.25) is 4.98 Å². The number of benzene rings is 2. The Bertz CT molecular complexity index is 1000. The number of aromatic nitrogens is 2. The molecule has 0 unspecified atom stereocenters. The Morgan fingerprint density at radius 2 is 1.88 bits per heavy atom. The van der Waals surface area contributed by atoms with Crippen molar-refractivity contribution in [1.29, 1.82) is 0 Å². The molecular weight excluding hydrogens is 320 g/mol. The molecule has 4 nitrogen and oxygen atoms in total. The number of carbonyl (C=O) groups excluding carboxylic acids is 1. The molecule has 2 heterocycles. The highest BCUT2D eigenvalue weighted by molar-refractivity contribution is 7.18. The zero-order valence-corrected chi connectivity index (χ0v) is 13.8. The minimum absolute atomic E-state index is 0.361. The van der Waals surface area contributed by atoms with E-state index in [0.717, 1.165) is 26.1 Å². The largest absolute Gasteiger partial charge is 0.452 e. The highest BCUT2D eigenvalue weighted by Crippen LogP contribution is 2.29. The first-order valence-electron chi connectivity index (χ1n) is 7.62. The van der Waals surface area contributed by atoms with E-state index in [0.29, 0.717) is 5.56 Å². The average Bonchev–Trinajstić information content (AvgIpc) is 3.05. The Hall–Kier alpha value is -2.79. The molecule has 0 bridgehead atoms. The first kappa shape index (κ1) is 14.8. The summed E-state index contributed by atoms with van der Waals surface area (Å²) in [6, 6.07) is 17.0. The second-order valence-electron chi connectivity index (χ2n) is 5.44. The van der Waals surface area contributed by atoms with Gasteiger partial charge < -0.3 is 4.74 Å². The molecule has 0 spiro atoms. The van der Waals surface area contributed by atoms with Crippen LogP contribution in [-0.4, -0.2) is 15.9 Å². The van der Waals surface area contributed by atoms with Crippen molar-refractivity contribution < 1.29 is 9.53 Å². The SMILES string of the molecule is C[C@H](OC(=O)c1cccc2ncccc12)c1nc2ccccc2s1. The average molecular weight is 334 g/mol. The van der Waals surface area contributed by atoms with Crippen molar-refractivity contribution in [3.63, 3.8) is 0 Å². The second kappa shape index (κ2) is 6.02. The van der Waals surface area contributed by atoms with Crippen LogP contribution in [-0.2, 0) is 4.74 Å². The first-order valence-corrected chi connectivity index (χ1v) is 8.44. The van der Waals surface area contributed by atoms with Crippen molar-refractivity contribution in [2.24, 2.45) is 0 Å². The van der Waals surface area contributed by atoms with E-state index in [1.807, 2.05) is 55.5 Å². The van der Waals surface area contributed by atoms with Gasteiger partial charge in [-0.2, -0.15) is 0 Å². The maximum absolute atomic E-state index is 12.6. The third kappa shape index (κ3) is 2.63. The molecule has 1 atom stereocenters. The summed E-state index contributed by atoms with van der Waals surface area (Å²) in [5, 5.41) is 1.59. The molecule has 0 amide bonds. The molecule has 4 rings (SSSR count). The van der Waals surface area contributed by atoms with Crippen LogP contribution < -0.4 is 0 Å². The Balaban J connectivity index is 1.63. The Labute approximate surface area is 142 Å². The minimum Gasteiger partial charge on any atom is -0.452 e. The number of para-hydroxylation sites is 1. The van der Waals surface area contributed by atoms with Gasteiger partial charge >= 0.3 is 5.97 Å². The Kier molecular flexibility index (Phi) is 3.70. The zero-order chi connectivity index (χ0) is 16.5. The van der Waals surface area contributed by atoms with Crippen molar-refractivity contribution >= 4 is 38.4 Å². The number of ether oxygens (including phenoxy) is 1. The summed E-state index contributed by atoms with van der Waals surface area (Å²) in [5.74, 6) is -0.361. The number of hydrogen-bond donors (Lipinski definition) is 0. The lowest BCUT2D eigenvalue weighted by atomic mass is 10.1. The van der Waals surface area contributed by atoms with Crippen LogP contribution in [0.2, 0.25) is 0 Å². The number of fused-ring (bicyclic) bond motifs is 2. The van der Waals surface area contributed by atoms with Crippen LogP contribution in [0.15, 0.2) is 60.8 Å². The standard InChI is InChI=1S/C19H14N2O2S/c1-12(18-21-16-8-2-3-10-17(16)24-18)23-19(22)14-6-4-9-15-13(14)7-5-11-20-15/h2-12H,1H3/t12-/m0/s1. The molecule has 2 aromatic carbocycles. The maximum Gasteiger partial charge on any atom is 0.339 e. The van der Waals surface area contributed by atoms with E-state index in [4.69, 9.17) is 4.74 Å². The van der Waals surface area contributed by atoms with Gasteiger partial charge in [0.15, 0.2) is 6.10 Å². The van der Waals surface area contributed by atoms with Gasteiger partial charge in [-0.1, -0.05) is 24.3 Å². The summed E-state index contributed by atoms with van der Waals surface area (Å²) in [5.41, 5.74) is 2.22. The number of pyridine rings is 1. The van der Waals surface area contributed by atoms with Crippen LogP contribution in [0.5, 0.6) is 0 Å². The Morgan fingerprint density at radius 1 is 1.04 bits per heavy atom. The van der Waals surface area contributed by atoms with Gasteiger partial charge in [-0.25, -0.2) is 9.78 Å². The first-order chi connectivity index (χ1) is 11.7. The maximum atomic E-state index is 12.6. The molecule has 5 heteroatoms. The van der Waals surface area contributed by atoms with Crippen LogP contribution in [0.1, 0.15) is 28.4 Å². The quantitative estimate of drug-likeness (QED) is 0.507. The predicted octanol–water partition coefficient (Wildman–Crippen LogP) is 4.76. The van der Waals surface area contributed by atoms with Crippen molar-refractivity contribution in [2.45, 2.75) is 13.0 Å². The molecule has 118 valence electrons. The third-order valence-corrected chi connectivity index (χ3v) is 5.01. The number of rotatable bonds is 3. The van der Waals surface area contributed by atoms with Gasteiger partial charge in [0, 0.05) is 11.6 Å². The van der Waals surface area contributed by atoms with Crippen LogP contribution in [0, 0.1) is 0 Å². The van der Waals surface area contributed by atoms with Crippen LogP contribution in [0.4, 0.5) is 0 Å². The molecule has 2 aromatic heterocycles. The summed E-state index contributed by atoms with van der Waals surface area (Å²) >= 11 is 1.55. The number of nitrogens with zero attached hydrogens (tertiary/aromatic N) is 2. The van der Waals surface area contributed by atoms with E-state index in [-0.39, 0.29) is 5.97 Å². The third-order valence-electron chi connectivity index (χ3n) is 3.81. The zero-order valence-electron chi connectivity index (χ0n) is 13.0. The molecule has 24 heavy (non-hydrogen) atoms. The van der Waals surface area contributed by atoms with Crippen molar-refractivity contribution in [2.75, 3.05) is 0 Å². The normalized spacial score (nSPS) is 12.4. The van der Waals surface area contributed by atoms with Crippen LogP contribution in [0.25, 0.3) is 21.1 Å². The monoisotopic (exact) mass is 334 g/mol. The number of hydrogen-bond acceptors (Lipinski definition) is 5. The van der Waals surface area contributed by atoms with Crippen LogP contribution in [0.3, 0.4) is 0 Å². The number of carbonyl (C=O) groups is 1. The van der Waals surface area contributed by atoms with Gasteiger partial charge in [0.1, 0.15) is 5.01 Å². The van der Waals surface area contributed by atoms with E-state index in [9.17, 15) is 4.79 Å². The lowest BCUT2D eigenvalue weighted by molar-refractivity contribution is 0.0340. The summed E-state index contributed by atoms with van der Waals surface area (Å²) in [6.45, 7) is 1.85.